The number of hydrogen-bond donors (Lipinski definition) is 0. The van der Waals surface area contributed by atoms with Crippen molar-refractivity contribution in [2.75, 3.05) is 11.5 Å². The zero-order valence-electron chi connectivity index (χ0n) is 17.4. The van der Waals surface area contributed by atoms with Gasteiger partial charge in [0.2, 0.25) is 0 Å². The van der Waals surface area contributed by atoms with Gasteiger partial charge in [-0.25, -0.2) is 0 Å². The van der Waals surface area contributed by atoms with E-state index in [4.69, 9.17) is 0 Å². The van der Waals surface area contributed by atoms with Crippen LogP contribution in [0.5, 0.6) is 0 Å². The zero-order valence-corrected chi connectivity index (χ0v) is 19.0. The first-order valence-electron chi connectivity index (χ1n) is 10.2. The van der Waals surface area contributed by atoms with Crippen LogP contribution in [0.2, 0.25) is 0 Å². The molecule has 0 saturated carbocycles. The third-order valence-corrected chi connectivity index (χ3v) is 6.83. The maximum Gasteiger partial charge on any atom is 0.0765 e. The van der Waals surface area contributed by atoms with E-state index in [2.05, 4.69) is 56.4 Å². The van der Waals surface area contributed by atoms with Gasteiger partial charge >= 0.3 is 0 Å². The summed E-state index contributed by atoms with van der Waals surface area (Å²) in [6, 6.07) is 24.3. The maximum absolute atomic E-state index is 4.68. The van der Waals surface area contributed by atoms with Crippen LogP contribution in [0.15, 0.2) is 117 Å². The molecular formula is C26H22N4S2. The number of hydrogen-bond acceptors (Lipinski definition) is 6. The normalized spacial score (nSPS) is 11.4. The number of rotatable bonds is 9. The van der Waals surface area contributed by atoms with E-state index in [1.54, 1.807) is 24.8 Å². The molecule has 0 bridgehead atoms. The highest BCUT2D eigenvalue weighted by Gasteiger charge is 2.04. The highest BCUT2D eigenvalue weighted by Crippen LogP contribution is 2.33. The highest BCUT2D eigenvalue weighted by atomic mass is 32.2. The van der Waals surface area contributed by atoms with Gasteiger partial charge in [-0.15, -0.1) is 23.5 Å². The van der Waals surface area contributed by atoms with Gasteiger partial charge in [-0.1, -0.05) is 24.3 Å². The predicted octanol–water partition coefficient (Wildman–Crippen LogP) is 6.86. The molecular weight excluding hydrogens is 432 g/mol. The van der Waals surface area contributed by atoms with E-state index in [1.165, 1.54) is 9.79 Å². The molecule has 2 heterocycles. The minimum Gasteiger partial charge on any atom is -0.265 e. The monoisotopic (exact) mass is 454 g/mol. The van der Waals surface area contributed by atoms with Gasteiger partial charge in [0.25, 0.3) is 0 Å². The first-order valence-corrected chi connectivity index (χ1v) is 12.2. The third kappa shape index (κ3) is 6.64. The van der Waals surface area contributed by atoms with Gasteiger partial charge in [0, 0.05) is 58.5 Å². The molecule has 4 aromatic rings. The molecule has 4 nitrogen and oxygen atoms in total. The van der Waals surface area contributed by atoms with Gasteiger partial charge in [0.1, 0.15) is 0 Å². The van der Waals surface area contributed by atoms with Crippen molar-refractivity contribution in [3.8, 4) is 0 Å². The van der Waals surface area contributed by atoms with Crippen LogP contribution in [-0.2, 0) is 0 Å². The molecule has 0 atom stereocenters. The van der Waals surface area contributed by atoms with Crippen LogP contribution < -0.4 is 0 Å². The quantitative estimate of drug-likeness (QED) is 0.157. The van der Waals surface area contributed by atoms with Crippen molar-refractivity contribution in [1.29, 1.82) is 0 Å². The number of nitrogens with zero attached hydrogens (tertiary/aromatic N) is 4. The van der Waals surface area contributed by atoms with Crippen LogP contribution in [-0.4, -0.2) is 33.9 Å². The number of thioether (sulfide) groups is 2. The average Bonchev–Trinajstić information content (AvgIpc) is 2.86. The van der Waals surface area contributed by atoms with Crippen molar-refractivity contribution >= 4 is 47.3 Å². The van der Waals surface area contributed by atoms with Crippen LogP contribution in [0, 0.1) is 0 Å². The van der Waals surface area contributed by atoms with Crippen LogP contribution in [0.3, 0.4) is 0 Å². The van der Waals surface area contributed by atoms with Gasteiger partial charge < -0.3 is 0 Å². The summed E-state index contributed by atoms with van der Waals surface area (Å²) in [4.78, 5) is 19.8. The summed E-state index contributed by atoms with van der Waals surface area (Å²) in [5.41, 5.74) is 4.06. The number of benzene rings is 2. The Morgan fingerprint density at radius 3 is 1.41 bits per heavy atom. The summed E-state index contributed by atoms with van der Waals surface area (Å²) in [6.45, 7) is 0. The standard InChI is InChI=1S/C26H22N4S2/c1-3-7-25(23(5-1)29-19-21-9-13-27-14-10-21)31-17-18-32-26-8-4-2-6-24(26)30-20-22-11-15-28-16-12-22/h1-16,19-20H,17-18H2. The molecule has 2 aromatic carbocycles. The molecule has 0 aliphatic heterocycles. The second-order valence-electron chi connectivity index (χ2n) is 6.71. The summed E-state index contributed by atoms with van der Waals surface area (Å²) >= 11 is 3.65. The highest BCUT2D eigenvalue weighted by molar-refractivity contribution is 8.03. The molecule has 158 valence electrons. The number of para-hydroxylation sites is 2. The van der Waals surface area contributed by atoms with Gasteiger partial charge in [-0.2, -0.15) is 0 Å². The van der Waals surface area contributed by atoms with Crippen LogP contribution >= 0.6 is 23.5 Å². The molecule has 0 aliphatic rings. The molecule has 0 aliphatic carbocycles. The van der Waals surface area contributed by atoms with Crippen LogP contribution in [0.25, 0.3) is 0 Å². The lowest BCUT2D eigenvalue weighted by molar-refractivity contribution is 1.32. The fourth-order valence-electron chi connectivity index (χ4n) is 2.86. The molecule has 2 aromatic heterocycles. The lowest BCUT2D eigenvalue weighted by Gasteiger charge is -2.07. The second-order valence-corrected chi connectivity index (χ2v) is 8.98. The fourth-order valence-corrected chi connectivity index (χ4v) is 4.86. The van der Waals surface area contributed by atoms with Gasteiger partial charge in [0.05, 0.1) is 11.4 Å². The number of aliphatic imine (C=N–C) groups is 2. The molecule has 0 spiro atoms. The predicted molar refractivity (Wildman–Crippen MR) is 137 cm³/mol. The summed E-state index contributed by atoms with van der Waals surface area (Å²) < 4.78 is 0. The second kappa shape index (κ2) is 12.0. The summed E-state index contributed by atoms with van der Waals surface area (Å²) in [5.74, 6) is 1.96. The minimum atomic E-state index is 0.981. The van der Waals surface area contributed by atoms with Crippen LogP contribution in [0.1, 0.15) is 11.1 Å². The van der Waals surface area contributed by atoms with E-state index in [0.29, 0.717) is 0 Å². The Bertz CT molecular complexity index is 1080. The summed E-state index contributed by atoms with van der Waals surface area (Å²) in [6.07, 6.45) is 10.9. The van der Waals surface area contributed by atoms with Crippen molar-refractivity contribution in [3.05, 3.63) is 109 Å². The van der Waals surface area contributed by atoms with Crippen molar-refractivity contribution in [3.63, 3.8) is 0 Å². The molecule has 0 amide bonds. The first-order chi connectivity index (χ1) is 15.9. The molecule has 32 heavy (non-hydrogen) atoms. The van der Waals surface area contributed by atoms with Gasteiger partial charge in [-0.3, -0.25) is 20.0 Å². The molecule has 0 N–H and O–H groups in total. The van der Waals surface area contributed by atoms with E-state index in [1.807, 2.05) is 72.4 Å². The van der Waals surface area contributed by atoms with E-state index in [9.17, 15) is 0 Å². The van der Waals surface area contributed by atoms with E-state index < -0.39 is 0 Å². The Labute approximate surface area is 197 Å². The maximum atomic E-state index is 4.68. The largest absolute Gasteiger partial charge is 0.265 e. The molecule has 0 fully saturated rings. The smallest absolute Gasteiger partial charge is 0.0765 e. The van der Waals surface area contributed by atoms with Gasteiger partial charge in [-0.05, 0) is 59.7 Å². The molecule has 6 heteroatoms. The van der Waals surface area contributed by atoms with Crippen LogP contribution in [0.4, 0.5) is 11.4 Å². The SMILES string of the molecule is C(=Nc1ccccc1SCCSc1ccccc1N=Cc1ccncc1)c1ccncc1. The summed E-state index contributed by atoms with van der Waals surface area (Å²) in [7, 11) is 0. The third-order valence-electron chi connectivity index (χ3n) is 4.45. The summed E-state index contributed by atoms with van der Waals surface area (Å²) in [5, 5.41) is 0. The zero-order chi connectivity index (χ0) is 21.8. The van der Waals surface area contributed by atoms with E-state index in [-0.39, 0.29) is 0 Å². The van der Waals surface area contributed by atoms with Crippen molar-refractivity contribution in [2.45, 2.75) is 9.79 Å². The average molecular weight is 455 g/mol. The Balaban J connectivity index is 1.35. The number of aromatic nitrogens is 2. The first kappa shape index (κ1) is 22.0. The van der Waals surface area contributed by atoms with Crippen molar-refractivity contribution in [1.82, 2.24) is 9.97 Å². The Morgan fingerprint density at radius 2 is 0.969 bits per heavy atom. The minimum absolute atomic E-state index is 0.981. The Hall–Kier alpha value is -3.22. The molecule has 0 unspecified atom stereocenters. The Kier molecular flexibility index (Phi) is 8.23. The van der Waals surface area contributed by atoms with Crippen molar-refractivity contribution in [2.24, 2.45) is 9.98 Å². The molecule has 0 radical (unpaired) electrons. The van der Waals surface area contributed by atoms with Crippen molar-refractivity contribution < 1.29 is 0 Å². The van der Waals surface area contributed by atoms with E-state index in [0.717, 1.165) is 34.0 Å². The lowest BCUT2D eigenvalue weighted by atomic mass is 10.3. The molecule has 0 saturated heterocycles. The lowest BCUT2D eigenvalue weighted by Crippen LogP contribution is -1.86. The van der Waals surface area contributed by atoms with Gasteiger partial charge in [0.15, 0.2) is 0 Å². The number of pyridine rings is 2. The fraction of sp³-hybridized carbons (Fsp3) is 0.0769. The molecule has 4 rings (SSSR count). The Morgan fingerprint density at radius 1 is 0.562 bits per heavy atom. The topological polar surface area (TPSA) is 50.5 Å². The van der Waals surface area contributed by atoms with E-state index >= 15 is 0 Å².